The number of fused-ring (bicyclic) bond motifs is 1. The van der Waals surface area contributed by atoms with E-state index in [0.717, 1.165) is 15.1 Å². The van der Waals surface area contributed by atoms with Gasteiger partial charge in [-0.2, -0.15) is 4.31 Å². The van der Waals surface area contributed by atoms with Gasteiger partial charge in [0, 0.05) is 7.05 Å². The lowest BCUT2D eigenvalue weighted by molar-refractivity contribution is -0.117. The van der Waals surface area contributed by atoms with Gasteiger partial charge in [0.2, 0.25) is 10.0 Å². The van der Waals surface area contributed by atoms with E-state index in [1.807, 2.05) is 24.3 Å². The van der Waals surface area contributed by atoms with Gasteiger partial charge >= 0.3 is 0 Å². The lowest BCUT2D eigenvalue weighted by Crippen LogP contribution is -2.37. The zero-order valence-corrected chi connectivity index (χ0v) is 13.6. The Kier molecular flexibility index (Phi) is 4.28. The number of nitrogens with one attached hydrogen (secondary N) is 1. The summed E-state index contributed by atoms with van der Waals surface area (Å²) in [6.07, 6.45) is 2.60. The third kappa shape index (κ3) is 3.26. The minimum atomic E-state index is -3.77. The van der Waals surface area contributed by atoms with Gasteiger partial charge in [0.25, 0.3) is 5.91 Å². The molecular formula is C15H15N5O3S. The normalized spacial score (nSPS) is 11.8. The minimum Gasteiger partial charge on any atom is -0.272 e. The van der Waals surface area contributed by atoms with Crippen LogP contribution in [0.1, 0.15) is 0 Å². The van der Waals surface area contributed by atoms with Gasteiger partial charge in [-0.15, -0.1) is 10.2 Å². The number of nitrogens with zero attached hydrogens (tertiary/aromatic N) is 4. The van der Waals surface area contributed by atoms with E-state index in [0.29, 0.717) is 0 Å². The molecule has 0 unspecified atom stereocenters. The summed E-state index contributed by atoms with van der Waals surface area (Å²) in [5.41, 5.74) is 2.45. The first-order valence-corrected chi connectivity index (χ1v) is 8.50. The largest absolute Gasteiger partial charge is 0.272 e. The van der Waals surface area contributed by atoms with Crippen LogP contribution in [0, 0.1) is 0 Å². The van der Waals surface area contributed by atoms with Gasteiger partial charge in [-0.05, 0) is 22.9 Å². The smallest absolute Gasteiger partial charge is 0.254 e. The first-order chi connectivity index (χ1) is 11.5. The summed E-state index contributed by atoms with van der Waals surface area (Å²) in [6, 6.07) is 12.3. The van der Waals surface area contributed by atoms with E-state index in [-0.39, 0.29) is 11.4 Å². The van der Waals surface area contributed by atoms with Gasteiger partial charge in [-0.1, -0.05) is 30.3 Å². The molecule has 0 aliphatic rings. The first kappa shape index (κ1) is 16.1. The highest BCUT2D eigenvalue weighted by molar-refractivity contribution is 7.89. The lowest BCUT2D eigenvalue weighted by Gasteiger charge is -2.17. The monoisotopic (exact) mass is 345 g/mol. The zero-order chi connectivity index (χ0) is 17.2. The van der Waals surface area contributed by atoms with Crippen molar-refractivity contribution in [3.8, 4) is 0 Å². The molecule has 0 atom stereocenters. The molecule has 24 heavy (non-hydrogen) atoms. The van der Waals surface area contributed by atoms with E-state index < -0.39 is 15.9 Å². The van der Waals surface area contributed by atoms with Crippen LogP contribution in [0.4, 0.5) is 0 Å². The number of likely N-dealkylation sites (N-methyl/N-ethyl adjacent to an activating group) is 1. The molecule has 1 aromatic heterocycles. The molecule has 124 valence electrons. The van der Waals surface area contributed by atoms with Crippen LogP contribution in [0.5, 0.6) is 0 Å². The summed E-state index contributed by atoms with van der Waals surface area (Å²) >= 11 is 0. The molecule has 8 nitrogen and oxygen atoms in total. The number of hydrogen-bond acceptors (Lipinski definition) is 5. The van der Waals surface area contributed by atoms with Crippen molar-refractivity contribution in [2.45, 2.75) is 4.90 Å². The van der Waals surface area contributed by atoms with E-state index >= 15 is 0 Å². The van der Waals surface area contributed by atoms with Gasteiger partial charge in [0.15, 0.2) is 0 Å². The van der Waals surface area contributed by atoms with Crippen LogP contribution >= 0.6 is 0 Å². The second kappa shape index (κ2) is 6.38. The highest BCUT2D eigenvalue weighted by atomic mass is 32.2. The van der Waals surface area contributed by atoms with Gasteiger partial charge in [0.1, 0.15) is 12.7 Å². The minimum absolute atomic E-state index is 0.140. The Morgan fingerprint density at radius 1 is 1.12 bits per heavy atom. The third-order valence-corrected chi connectivity index (χ3v) is 5.27. The summed E-state index contributed by atoms with van der Waals surface area (Å²) < 4.78 is 27.5. The Morgan fingerprint density at radius 2 is 1.79 bits per heavy atom. The molecule has 3 aromatic rings. The van der Waals surface area contributed by atoms with Crippen LogP contribution in [0.3, 0.4) is 0 Å². The molecule has 0 fully saturated rings. The fraction of sp³-hybridized carbons (Fsp3) is 0.133. The lowest BCUT2D eigenvalue weighted by atomic mass is 10.1. The Balaban J connectivity index is 1.78. The number of carbonyl (C=O) groups excluding carboxylic acids is 1. The predicted octanol–water partition coefficient (Wildman–Crippen LogP) is 0.822. The number of rotatable bonds is 5. The number of carbonyl (C=O) groups is 1. The van der Waals surface area contributed by atoms with Gasteiger partial charge in [-0.25, -0.2) is 13.1 Å². The van der Waals surface area contributed by atoms with Crippen LogP contribution in [0.25, 0.3) is 10.8 Å². The Morgan fingerprint density at radius 3 is 2.50 bits per heavy atom. The Bertz CT molecular complexity index is 970. The van der Waals surface area contributed by atoms with Crippen LogP contribution < -0.4 is 5.43 Å². The summed E-state index contributed by atoms with van der Waals surface area (Å²) in [5.74, 6) is -0.498. The second-order valence-corrected chi connectivity index (χ2v) is 7.22. The van der Waals surface area contributed by atoms with Gasteiger partial charge < -0.3 is 0 Å². The van der Waals surface area contributed by atoms with E-state index in [2.05, 4.69) is 15.6 Å². The Labute approximate surface area is 138 Å². The fourth-order valence-electron chi connectivity index (χ4n) is 2.23. The molecule has 0 bridgehead atoms. The topological polar surface area (TPSA) is 97.2 Å². The first-order valence-electron chi connectivity index (χ1n) is 7.06. The third-order valence-electron chi connectivity index (χ3n) is 3.47. The summed E-state index contributed by atoms with van der Waals surface area (Å²) in [7, 11) is -2.42. The van der Waals surface area contributed by atoms with E-state index in [1.54, 1.807) is 12.1 Å². The molecule has 9 heteroatoms. The van der Waals surface area contributed by atoms with Crippen LogP contribution in [-0.2, 0) is 14.8 Å². The van der Waals surface area contributed by atoms with Crippen molar-refractivity contribution in [3.05, 3.63) is 55.1 Å². The maximum atomic E-state index is 12.6. The maximum Gasteiger partial charge on any atom is 0.254 e. The van der Waals surface area contributed by atoms with Crippen molar-refractivity contribution < 1.29 is 13.2 Å². The van der Waals surface area contributed by atoms with E-state index in [4.69, 9.17) is 0 Å². The highest BCUT2D eigenvalue weighted by Crippen LogP contribution is 2.21. The maximum absolute atomic E-state index is 12.6. The number of amides is 1. The van der Waals surface area contributed by atoms with E-state index in [1.165, 1.54) is 30.4 Å². The number of aromatic nitrogens is 3. The molecular weight excluding hydrogens is 330 g/mol. The molecule has 0 radical (unpaired) electrons. The standard InChI is InChI=1S/C15H15N5O3S/c1-19(9-15(21)18-20-10-16-17-11-20)24(22,23)14-7-6-12-4-2-3-5-13(12)8-14/h2-8,10-11H,9H2,1H3,(H,18,21). The van der Waals surface area contributed by atoms with Crippen LogP contribution in [-0.4, -0.2) is 47.1 Å². The van der Waals surface area contributed by atoms with Crippen molar-refractivity contribution in [1.82, 2.24) is 19.2 Å². The molecule has 0 saturated carbocycles. The quantitative estimate of drug-likeness (QED) is 0.738. The van der Waals surface area contributed by atoms with Gasteiger partial charge in [-0.3, -0.25) is 10.2 Å². The summed E-state index contributed by atoms with van der Waals surface area (Å²) in [5, 5.41) is 8.86. The molecule has 1 amide bonds. The van der Waals surface area contributed by atoms with Crippen molar-refractivity contribution >= 4 is 26.7 Å². The summed E-state index contributed by atoms with van der Waals surface area (Å²) in [6.45, 7) is -0.326. The van der Waals surface area contributed by atoms with Crippen LogP contribution in [0.15, 0.2) is 60.0 Å². The van der Waals surface area contributed by atoms with Crippen molar-refractivity contribution in [2.75, 3.05) is 19.0 Å². The molecule has 2 aromatic carbocycles. The number of sulfonamides is 1. The number of benzene rings is 2. The molecule has 1 heterocycles. The van der Waals surface area contributed by atoms with Gasteiger partial charge in [0.05, 0.1) is 11.4 Å². The second-order valence-electron chi connectivity index (χ2n) is 5.17. The fourth-order valence-corrected chi connectivity index (χ4v) is 3.40. The zero-order valence-electron chi connectivity index (χ0n) is 12.8. The van der Waals surface area contributed by atoms with E-state index in [9.17, 15) is 13.2 Å². The molecule has 1 N–H and O–H groups in total. The number of hydrogen-bond donors (Lipinski definition) is 1. The average molecular weight is 345 g/mol. The summed E-state index contributed by atoms with van der Waals surface area (Å²) in [4.78, 5) is 12.1. The van der Waals surface area contributed by atoms with Crippen molar-refractivity contribution in [1.29, 1.82) is 0 Å². The molecule has 0 saturated heterocycles. The highest BCUT2D eigenvalue weighted by Gasteiger charge is 2.23. The SMILES string of the molecule is CN(CC(=O)Nn1cnnc1)S(=O)(=O)c1ccc2ccccc2c1. The molecule has 0 aliphatic carbocycles. The predicted molar refractivity (Wildman–Crippen MR) is 88.2 cm³/mol. The molecule has 0 spiro atoms. The molecule has 0 aliphatic heterocycles. The molecule has 3 rings (SSSR count). The van der Waals surface area contributed by atoms with Crippen molar-refractivity contribution in [2.24, 2.45) is 0 Å². The Hall–Kier alpha value is -2.78. The van der Waals surface area contributed by atoms with Crippen LogP contribution in [0.2, 0.25) is 0 Å². The van der Waals surface area contributed by atoms with Crippen molar-refractivity contribution in [3.63, 3.8) is 0 Å². The average Bonchev–Trinajstić information content (AvgIpc) is 3.07.